The van der Waals surface area contributed by atoms with E-state index in [-0.39, 0.29) is 0 Å². The summed E-state index contributed by atoms with van der Waals surface area (Å²) in [5.74, 6) is 0.541. The lowest BCUT2D eigenvalue weighted by molar-refractivity contribution is 0.387. The van der Waals surface area contributed by atoms with Gasteiger partial charge in [0.25, 0.3) is 0 Å². The molecule has 1 heterocycles. The minimum atomic E-state index is 0.541. The molecule has 1 aromatic carbocycles. The van der Waals surface area contributed by atoms with E-state index in [0.29, 0.717) is 11.0 Å². The molecule has 0 amide bonds. The zero-order valence-electron chi connectivity index (χ0n) is 9.44. The van der Waals surface area contributed by atoms with Crippen molar-refractivity contribution in [3.8, 4) is 0 Å². The van der Waals surface area contributed by atoms with E-state index in [1.165, 1.54) is 0 Å². The Balaban J connectivity index is 2.42. The summed E-state index contributed by atoms with van der Waals surface area (Å²) in [4.78, 5) is 6.40. The van der Waals surface area contributed by atoms with Gasteiger partial charge in [0.05, 0.1) is 11.0 Å². The highest BCUT2D eigenvalue weighted by Crippen LogP contribution is 2.21. The molecule has 0 spiro atoms. The molecule has 0 aliphatic heterocycles. The molecule has 4 nitrogen and oxygen atoms in total. The minimum absolute atomic E-state index is 0.541. The van der Waals surface area contributed by atoms with Crippen molar-refractivity contribution >= 4 is 28.6 Å². The topological polar surface area (TPSA) is 47.1 Å². The van der Waals surface area contributed by atoms with Crippen LogP contribution in [-0.2, 0) is 6.54 Å². The van der Waals surface area contributed by atoms with Crippen LogP contribution in [0.4, 0.5) is 5.95 Å². The number of benzene rings is 1. The summed E-state index contributed by atoms with van der Waals surface area (Å²) in [6.45, 7) is 1.73. The average molecular weight is 239 g/mol. The lowest BCUT2D eigenvalue weighted by Gasteiger charge is -2.11. The number of hydrogen-bond acceptors (Lipinski definition) is 3. The van der Waals surface area contributed by atoms with E-state index in [1.54, 1.807) is 0 Å². The maximum absolute atomic E-state index is 5.97. The number of nitrogen functional groups attached to an aromatic ring is 1. The average Bonchev–Trinajstić information content (AvgIpc) is 2.51. The second-order valence-corrected chi connectivity index (χ2v) is 4.49. The third-order valence-electron chi connectivity index (χ3n) is 2.51. The fourth-order valence-corrected chi connectivity index (χ4v) is 1.82. The summed E-state index contributed by atoms with van der Waals surface area (Å²) in [5, 5.41) is 0.707. The first-order chi connectivity index (χ1) is 7.58. The van der Waals surface area contributed by atoms with Gasteiger partial charge < -0.3 is 15.2 Å². The number of nitrogens with zero attached hydrogens (tertiary/aromatic N) is 3. The number of imidazole rings is 1. The second kappa shape index (κ2) is 4.31. The van der Waals surface area contributed by atoms with Gasteiger partial charge in [0.2, 0.25) is 5.95 Å². The van der Waals surface area contributed by atoms with Crippen LogP contribution in [0.2, 0.25) is 5.02 Å². The van der Waals surface area contributed by atoms with E-state index in [9.17, 15) is 0 Å². The molecule has 2 rings (SSSR count). The highest BCUT2D eigenvalue weighted by atomic mass is 35.5. The van der Waals surface area contributed by atoms with Crippen LogP contribution in [0.5, 0.6) is 0 Å². The summed E-state index contributed by atoms with van der Waals surface area (Å²) >= 11 is 5.97. The van der Waals surface area contributed by atoms with Crippen molar-refractivity contribution in [2.24, 2.45) is 0 Å². The normalized spacial score (nSPS) is 11.5. The SMILES string of the molecule is CN(C)CCn1c(N)nc2ccc(Cl)cc21. The van der Waals surface area contributed by atoms with E-state index in [1.807, 2.05) is 36.9 Å². The maximum Gasteiger partial charge on any atom is 0.201 e. The Kier molecular flexibility index (Phi) is 3.03. The first kappa shape index (κ1) is 11.2. The molecular weight excluding hydrogens is 224 g/mol. The van der Waals surface area contributed by atoms with Gasteiger partial charge in [0, 0.05) is 18.1 Å². The van der Waals surface area contributed by atoms with Crippen molar-refractivity contribution in [3.05, 3.63) is 23.2 Å². The highest BCUT2D eigenvalue weighted by molar-refractivity contribution is 6.31. The predicted molar refractivity (Wildman–Crippen MR) is 67.7 cm³/mol. The van der Waals surface area contributed by atoms with Crippen molar-refractivity contribution < 1.29 is 0 Å². The van der Waals surface area contributed by atoms with Crippen LogP contribution >= 0.6 is 11.6 Å². The Bertz CT molecular complexity index is 504. The van der Waals surface area contributed by atoms with Gasteiger partial charge in [-0.3, -0.25) is 0 Å². The van der Waals surface area contributed by atoms with Crippen molar-refractivity contribution in [1.82, 2.24) is 14.5 Å². The molecule has 0 unspecified atom stereocenters. The minimum Gasteiger partial charge on any atom is -0.369 e. The highest BCUT2D eigenvalue weighted by Gasteiger charge is 2.08. The van der Waals surface area contributed by atoms with Crippen molar-refractivity contribution in [1.29, 1.82) is 0 Å². The largest absolute Gasteiger partial charge is 0.369 e. The summed E-state index contributed by atoms with van der Waals surface area (Å²) in [5.41, 5.74) is 7.76. The molecule has 16 heavy (non-hydrogen) atoms. The molecule has 0 bridgehead atoms. The molecule has 0 fully saturated rings. The molecule has 0 aliphatic carbocycles. The van der Waals surface area contributed by atoms with Crippen LogP contribution in [0, 0.1) is 0 Å². The number of aromatic nitrogens is 2. The molecule has 1 aromatic heterocycles. The fourth-order valence-electron chi connectivity index (χ4n) is 1.65. The van der Waals surface area contributed by atoms with Crippen molar-refractivity contribution in [2.75, 3.05) is 26.4 Å². The second-order valence-electron chi connectivity index (χ2n) is 4.06. The molecule has 0 saturated heterocycles. The van der Waals surface area contributed by atoms with E-state index in [2.05, 4.69) is 9.88 Å². The van der Waals surface area contributed by atoms with Gasteiger partial charge in [-0.05, 0) is 32.3 Å². The van der Waals surface area contributed by atoms with Gasteiger partial charge in [-0.25, -0.2) is 4.98 Å². The Labute approximate surface area is 99.6 Å². The van der Waals surface area contributed by atoms with E-state index < -0.39 is 0 Å². The molecule has 2 aromatic rings. The van der Waals surface area contributed by atoms with Crippen molar-refractivity contribution in [2.45, 2.75) is 6.54 Å². The lowest BCUT2D eigenvalue weighted by Crippen LogP contribution is -2.19. The van der Waals surface area contributed by atoms with E-state index in [4.69, 9.17) is 17.3 Å². The molecule has 86 valence electrons. The first-order valence-electron chi connectivity index (χ1n) is 5.14. The van der Waals surface area contributed by atoms with Gasteiger partial charge in [0.15, 0.2) is 0 Å². The standard InChI is InChI=1S/C11H15ClN4/c1-15(2)5-6-16-10-7-8(12)3-4-9(10)14-11(16)13/h3-4,7H,5-6H2,1-2H3,(H2,13,14). The fraction of sp³-hybridized carbons (Fsp3) is 0.364. The molecule has 0 aliphatic rings. The van der Waals surface area contributed by atoms with Crippen molar-refractivity contribution in [3.63, 3.8) is 0 Å². The van der Waals surface area contributed by atoms with Crippen LogP contribution in [0.25, 0.3) is 11.0 Å². The van der Waals surface area contributed by atoms with Crippen LogP contribution in [-0.4, -0.2) is 35.1 Å². The third-order valence-corrected chi connectivity index (χ3v) is 2.75. The Morgan fingerprint density at radius 3 is 2.88 bits per heavy atom. The summed E-state index contributed by atoms with van der Waals surface area (Å²) in [6, 6.07) is 5.61. The molecule has 0 radical (unpaired) electrons. The quantitative estimate of drug-likeness (QED) is 0.888. The molecule has 5 heteroatoms. The summed E-state index contributed by atoms with van der Waals surface area (Å²) in [6.07, 6.45) is 0. The number of hydrogen-bond donors (Lipinski definition) is 1. The molecule has 2 N–H and O–H groups in total. The number of anilines is 1. The smallest absolute Gasteiger partial charge is 0.201 e. The van der Waals surface area contributed by atoms with Gasteiger partial charge in [-0.15, -0.1) is 0 Å². The van der Waals surface area contributed by atoms with Gasteiger partial charge in [-0.1, -0.05) is 11.6 Å². The first-order valence-corrected chi connectivity index (χ1v) is 5.51. The zero-order valence-corrected chi connectivity index (χ0v) is 10.2. The summed E-state index contributed by atoms with van der Waals surface area (Å²) in [7, 11) is 4.06. The monoisotopic (exact) mass is 238 g/mol. The van der Waals surface area contributed by atoms with Crippen LogP contribution in [0.15, 0.2) is 18.2 Å². The molecular formula is C11H15ClN4. The predicted octanol–water partition coefficient (Wildman–Crippen LogP) is 1.83. The van der Waals surface area contributed by atoms with E-state index >= 15 is 0 Å². The van der Waals surface area contributed by atoms with Gasteiger partial charge >= 0.3 is 0 Å². The lowest BCUT2D eigenvalue weighted by atomic mass is 10.3. The number of likely N-dealkylation sites (N-methyl/N-ethyl adjacent to an activating group) is 1. The van der Waals surface area contributed by atoms with Crippen LogP contribution in [0.3, 0.4) is 0 Å². The van der Waals surface area contributed by atoms with E-state index in [0.717, 1.165) is 24.1 Å². The molecule has 0 saturated carbocycles. The zero-order chi connectivity index (χ0) is 11.7. The third kappa shape index (κ3) is 2.13. The summed E-state index contributed by atoms with van der Waals surface area (Å²) < 4.78 is 1.99. The number of rotatable bonds is 3. The Morgan fingerprint density at radius 2 is 2.19 bits per heavy atom. The van der Waals surface area contributed by atoms with Gasteiger partial charge in [-0.2, -0.15) is 0 Å². The van der Waals surface area contributed by atoms with Gasteiger partial charge in [0.1, 0.15) is 0 Å². The molecule has 0 atom stereocenters. The number of halogens is 1. The number of nitrogens with two attached hydrogens (primary N) is 1. The number of fused-ring (bicyclic) bond motifs is 1. The van der Waals surface area contributed by atoms with Crippen LogP contribution in [0.1, 0.15) is 0 Å². The van der Waals surface area contributed by atoms with Crippen LogP contribution < -0.4 is 5.73 Å². The Morgan fingerprint density at radius 1 is 1.44 bits per heavy atom. The Hall–Kier alpha value is -1.26. The maximum atomic E-state index is 5.97.